The predicted molar refractivity (Wildman–Crippen MR) is 76.6 cm³/mol. The first-order valence-corrected chi connectivity index (χ1v) is 6.63. The molecule has 1 heterocycles. The minimum Gasteiger partial charge on any atom is -0.479 e. The zero-order valence-electron chi connectivity index (χ0n) is 11.6. The first-order valence-electron chi connectivity index (χ1n) is 6.63. The fraction of sp³-hybridized carbons (Fsp3) is 0.429. The van der Waals surface area contributed by atoms with Gasteiger partial charge in [0.05, 0.1) is 5.69 Å². The minimum absolute atomic E-state index is 0.0909. The number of hydrogen-bond acceptors (Lipinski definition) is 4. The Bertz CT molecular complexity index is 530. The summed E-state index contributed by atoms with van der Waals surface area (Å²) < 4.78 is 5.45. The summed E-state index contributed by atoms with van der Waals surface area (Å²) in [7, 11) is 0. The second-order valence-corrected chi connectivity index (χ2v) is 4.93. The smallest absolute Gasteiger partial charge is 0.265 e. The van der Waals surface area contributed by atoms with Gasteiger partial charge in [0.25, 0.3) is 5.91 Å². The zero-order valence-corrected chi connectivity index (χ0v) is 11.6. The Kier molecular flexibility index (Phi) is 4.24. The van der Waals surface area contributed by atoms with E-state index in [9.17, 15) is 9.59 Å². The minimum atomic E-state index is -0.507. The molecule has 0 saturated heterocycles. The normalized spacial score (nSPS) is 18.6. The van der Waals surface area contributed by atoms with E-state index >= 15 is 0 Å². The first-order chi connectivity index (χ1) is 9.51. The van der Waals surface area contributed by atoms with Crippen LogP contribution in [0.5, 0.6) is 5.75 Å². The van der Waals surface area contributed by atoms with E-state index in [2.05, 4.69) is 10.6 Å². The van der Waals surface area contributed by atoms with Crippen LogP contribution in [0.15, 0.2) is 18.2 Å². The predicted octanol–water partition coefficient (Wildman–Crippen LogP) is 1.33. The number of anilines is 2. The van der Waals surface area contributed by atoms with Gasteiger partial charge in [-0.15, -0.1) is 0 Å². The monoisotopic (exact) mass is 277 g/mol. The lowest BCUT2D eigenvalue weighted by atomic mass is 10.1. The van der Waals surface area contributed by atoms with Crippen molar-refractivity contribution in [2.75, 3.05) is 17.2 Å². The number of benzene rings is 1. The first kappa shape index (κ1) is 14.3. The number of hydrogen-bond donors (Lipinski definition) is 3. The number of amides is 2. The lowest BCUT2D eigenvalue weighted by Crippen LogP contribution is -2.34. The fourth-order valence-electron chi connectivity index (χ4n) is 1.93. The summed E-state index contributed by atoms with van der Waals surface area (Å²) in [6.45, 7) is 3.98. The molecular formula is C14H19N3O3. The number of rotatable bonds is 4. The molecule has 0 fully saturated rings. The van der Waals surface area contributed by atoms with Crippen LogP contribution in [0, 0.1) is 5.92 Å². The van der Waals surface area contributed by atoms with Crippen molar-refractivity contribution >= 4 is 23.2 Å². The third-order valence-electron chi connectivity index (χ3n) is 3.23. The number of nitrogens with two attached hydrogens (primary N) is 1. The van der Waals surface area contributed by atoms with Gasteiger partial charge >= 0.3 is 0 Å². The molecule has 108 valence electrons. The maximum Gasteiger partial charge on any atom is 0.265 e. The van der Waals surface area contributed by atoms with Gasteiger partial charge in [-0.2, -0.15) is 0 Å². The SMILES string of the molecule is CC(CCN)C(=O)Nc1ccc2c(c1)NC(=O)C(C)O2. The molecule has 1 aliphatic rings. The molecule has 0 radical (unpaired) electrons. The van der Waals surface area contributed by atoms with Gasteiger partial charge in [-0.05, 0) is 38.1 Å². The third-order valence-corrected chi connectivity index (χ3v) is 3.23. The molecular weight excluding hydrogens is 258 g/mol. The summed E-state index contributed by atoms with van der Waals surface area (Å²) in [5.74, 6) is 0.163. The van der Waals surface area contributed by atoms with Crippen molar-refractivity contribution < 1.29 is 14.3 Å². The van der Waals surface area contributed by atoms with E-state index in [-0.39, 0.29) is 17.7 Å². The van der Waals surface area contributed by atoms with Crippen LogP contribution in [0.4, 0.5) is 11.4 Å². The molecule has 4 N–H and O–H groups in total. The van der Waals surface area contributed by atoms with Crippen LogP contribution in [0.1, 0.15) is 20.3 Å². The van der Waals surface area contributed by atoms with Gasteiger partial charge < -0.3 is 21.1 Å². The molecule has 2 atom stereocenters. The molecule has 2 rings (SSSR count). The highest BCUT2D eigenvalue weighted by Gasteiger charge is 2.23. The van der Waals surface area contributed by atoms with E-state index in [4.69, 9.17) is 10.5 Å². The number of nitrogens with one attached hydrogen (secondary N) is 2. The number of carbonyl (C=O) groups excluding carboxylic acids is 2. The van der Waals surface area contributed by atoms with Crippen molar-refractivity contribution in [3.05, 3.63) is 18.2 Å². The molecule has 0 saturated carbocycles. The Hall–Kier alpha value is -2.08. The van der Waals surface area contributed by atoms with Gasteiger partial charge in [0, 0.05) is 11.6 Å². The van der Waals surface area contributed by atoms with Crippen molar-refractivity contribution in [2.45, 2.75) is 26.4 Å². The summed E-state index contributed by atoms with van der Waals surface area (Å²) in [5.41, 5.74) is 6.62. The second-order valence-electron chi connectivity index (χ2n) is 4.93. The molecule has 0 spiro atoms. The molecule has 1 aliphatic heterocycles. The topological polar surface area (TPSA) is 93.5 Å². The van der Waals surface area contributed by atoms with Crippen LogP contribution in [0.3, 0.4) is 0 Å². The zero-order chi connectivity index (χ0) is 14.7. The Morgan fingerprint density at radius 2 is 2.30 bits per heavy atom. The fourth-order valence-corrected chi connectivity index (χ4v) is 1.93. The average molecular weight is 277 g/mol. The summed E-state index contributed by atoms with van der Waals surface area (Å²) in [4.78, 5) is 23.4. The Labute approximate surface area is 117 Å². The Balaban J connectivity index is 2.10. The van der Waals surface area contributed by atoms with E-state index in [1.165, 1.54) is 0 Å². The summed E-state index contributed by atoms with van der Waals surface area (Å²) in [6, 6.07) is 5.16. The molecule has 20 heavy (non-hydrogen) atoms. The summed E-state index contributed by atoms with van der Waals surface area (Å²) in [5, 5.41) is 5.54. The van der Waals surface area contributed by atoms with Crippen molar-refractivity contribution in [3.63, 3.8) is 0 Å². The highest BCUT2D eigenvalue weighted by molar-refractivity contribution is 5.99. The average Bonchev–Trinajstić information content (AvgIpc) is 2.40. The van der Waals surface area contributed by atoms with Gasteiger partial charge in [0.15, 0.2) is 6.10 Å². The van der Waals surface area contributed by atoms with Crippen LogP contribution in [-0.2, 0) is 9.59 Å². The summed E-state index contributed by atoms with van der Waals surface area (Å²) in [6.07, 6.45) is 0.126. The molecule has 0 bridgehead atoms. The van der Waals surface area contributed by atoms with Crippen LogP contribution in [-0.4, -0.2) is 24.5 Å². The Morgan fingerprint density at radius 1 is 1.55 bits per heavy atom. The van der Waals surface area contributed by atoms with Gasteiger partial charge in [-0.1, -0.05) is 6.92 Å². The highest BCUT2D eigenvalue weighted by atomic mass is 16.5. The van der Waals surface area contributed by atoms with Crippen molar-refractivity contribution in [2.24, 2.45) is 11.7 Å². The van der Waals surface area contributed by atoms with Gasteiger partial charge in [-0.25, -0.2) is 0 Å². The molecule has 1 aromatic carbocycles. The highest BCUT2D eigenvalue weighted by Crippen LogP contribution is 2.32. The number of ether oxygens (including phenoxy) is 1. The van der Waals surface area contributed by atoms with Crippen molar-refractivity contribution in [1.82, 2.24) is 0 Å². The van der Waals surface area contributed by atoms with Crippen LogP contribution < -0.4 is 21.1 Å². The molecule has 2 amide bonds. The molecule has 0 aromatic heterocycles. The number of fused-ring (bicyclic) bond motifs is 1. The molecule has 0 aliphatic carbocycles. The van der Waals surface area contributed by atoms with E-state index < -0.39 is 6.10 Å². The van der Waals surface area contributed by atoms with Crippen LogP contribution >= 0.6 is 0 Å². The second kappa shape index (κ2) is 5.92. The van der Waals surface area contributed by atoms with Crippen molar-refractivity contribution in [3.8, 4) is 5.75 Å². The largest absolute Gasteiger partial charge is 0.479 e. The van der Waals surface area contributed by atoms with Gasteiger partial charge in [0.2, 0.25) is 5.91 Å². The summed E-state index contributed by atoms with van der Waals surface area (Å²) >= 11 is 0. The van der Waals surface area contributed by atoms with E-state index in [0.29, 0.717) is 30.1 Å². The van der Waals surface area contributed by atoms with Crippen molar-refractivity contribution in [1.29, 1.82) is 0 Å². The quantitative estimate of drug-likeness (QED) is 0.774. The van der Waals surface area contributed by atoms with Crippen LogP contribution in [0.25, 0.3) is 0 Å². The third kappa shape index (κ3) is 3.08. The van der Waals surface area contributed by atoms with Crippen LogP contribution in [0.2, 0.25) is 0 Å². The standard InChI is InChI=1S/C14H19N3O3/c1-8(5-6-15)13(18)16-10-3-4-12-11(7-10)17-14(19)9(2)20-12/h3-4,7-9H,5-6,15H2,1-2H3,(H,16,18)(H,17,19). The number of carbonyl (C=O) groups is 2. The lowest BCUT2D eigenvalue weighted by Gasteiger charge is -2.23. The maximum absolute atomic E-state index is 11.9. The molecule has 2 unspecified atom stereocenters. The Morgan fingerprint density at radius 3 is 3.00 bits per heavy atom. The molecule has 6 nitrogen and oxygen atoms in total. The van der Waals surface area contributed by atoms with Gasteiger partial charge in [0.1, 0.15) is 5.75 Å². The van der Waals surface area contributed by atoms with E-state index in [0.717, 1.165) is 0 Å². The molecule has 6 heteroatoms. The molecule has 1 aromatic rings. The maximum atomic E-state index is 11.9. The van der Waals surface area contributed by atoms with Gasteiger partial charge in [-0.3, -0.25) is 9.59 Å². The lowest BCUT2D eigenvalue weighted by molar-refractivity contribution is -0.122. The van der Waals surface area contributed by atoms with E-state index in [1.807, 2.05) is 6.92 Å². The van der Waals surface area contributed by atoms with E-state index in [1.54, 1.807) is 25.1 Å².